The van der Waals surface area contributed by atoms with Crippen molar-refractivity contribution in [2.45, 2.75) is 34.2 Å². The van der Waals surface area contributed by atoms with Crippen LogP contribution in [0.1, 0.15) is 35.6 Å². The minimum absolute atomic E-state index is 0.0127. The van der Waals surface area contributed by atoms with E-state index in [0.29, 0.717) is 18.8 Å². The predicted octanol–water partition coefficient (Wildman–Crippen LogP) is 1.67. The number of carbonyl (C=O) groups excluding carboxylic acids is 1. The van der Waals surface area contributed by atoms with Crippen molar-refractivity contribution in [3.8, 4) is 0 Å². The molecule has 0 saturated heterocycles. The van der Waals surface area contributed by atoms with Crippen molar-refractivity contribution in [1.82, 2.24) is 9.47 Å². The molecule has 1 aromatic heterocycles. The van der Waals surface area contributed by atoms with Gasteiger partial charge >= 0.3 is 5.97 Å². The third kappa shape index (κ3) is 2.72. The van der Waals surface area contributed by atoms with Gasteiger partial charge in [-0.05, 0) is 33.8 Å². The van der Waals surface area contributed by atoms with Gasteiger partial charge in [-0.2, -0.15) is 0 Å². The van der Waals surface area contributed by atoms with Crippen LogP contribution in [-0.2, 0) is 11.3 Å². The Kier molecular flexibility index (Phi) is 4.53. The van der Waals surface area contributed by atoms with Gasteiger partial charge in [0.05, 0.1) is 5.56 Å². The Labute approximate surface area is 107 Å². The van der Waals surface area contributed by atoms with Crippen molar-refractivity contribution in [3.63, 3.8) is 0 Å². The van der Waals surface area contributed by atoms with Gasteiger partial charge in [0, 0.05) is 24.5 Å². The number of carboxylic acid groups (broad SMARTS) is 1. The molecule has 0 bridgehead atoms. The van der Waals surface area contributed by atoms with E-state index in [1.54, 1.807) is 22.5 Å². The maximum Gasteiger partial charge on any atom is 0.337 e. The lowest BCUT2D eigenvalue weighted by Crippen LogP contribution is -2.33. The van der Waals surface area contributed by atoms with E-state index in [2.05, 4.69) is 0 Å². The number of hydrogen-bond donors (Lipinski definition) is 1. The normalized spacial score (nSPS) is 10.4. The molecule has 0 fully saturated rings. The maximum absolute atomic E-state index is 12.0. The molecule has 0 unspecified atom stereocenters. The first-order chi connectivity index (χ1) is 8.42. The van der Waals surface area contributed by atoms with Gasteiger partial charge in [0.1, 0.15) is 6.54 Å². The third-order valence-corrected chi connectivity index (χ3v) is 3.21. The summed E-state index contributed by atoms with van der Waals surface area (Å²) in [6, 6.07) is 1.60. The Hall–Kier alpha value is -1.78. The van der Waals surface area contributed by atoms with E-state index in [1.807, 2.05) is 20.8 Å². The lowest BCUT2D eigenvalue weighted by molar-refractivity contribution is -0.131. The highest BCUT2D eigenvalue weighted by atomic mass is 16.4. The summed E-state index contributed by atoms with van der Waals surface area (Å²) in [6.07, 6.45) is 0. The molecule has 0 aliphatic rings. The first kappa shape index (κ1) is 14.3. The van der Waals surface area contributed by atoms with E-state index in [9.17, 15) is 9.59 Å². The van der Waals surface area contributed by atoms with Crippen LogP contribution in [0.25, 0.3) is 0 Å². The highest BCUT2D eigenvalue weighted by Crippen LogP contribution is 2.15. The highest BCUT2D eigenvalue weighted by molar-refractivity contribution is 5.89. The summed E-state index contributed by atoms with van der Waals surface area (Å²) >= 11 is 0. The number of nitrogens with zero attached hydrogens (tertiary/aromatic N) is 2. The molecule has 0 aliphatic carbocycles. The SMILES string of the molecule is CCN(CC)C(=O)Cn1c(C)cc(C(=O)O)c1C. The topological polar surface area (TPSA) is 62.5 Å². The summed E-state index contributed by atoms with van der Waals surface area (Å²) < 4.78 is 1.75. The minimum atomic E-state index is -0.954. The van der Waals surface area contributed by atoms with Gasteiger partial charge < -0.3 is 14.6 Å². The second-order valence-corrected chi connectivity index (χ2v) is 4.24. The fourth-order valence-electron chi connectivity index (χ4n) is 2.07. The molecule has 5 heteroatoms. The van der Waals surface area contributed by atoms with Gasteiger partial charge in [-0.25, -0.2) is 4.79 Å². The molecule has 0 atom stereocenters. The van der Waals surface area contributed by atoms with Gasteiger partial charge in [-0.1, -0.05) is 0 Å². The molecule has 1 amide bonds. The van der Waals surface area contributed by atoms with E-state index in [-0.39, 0.29) is 18.0 Å². The molecule has 1 N–H and O–H groups in total. The zero-order chi connectivity index (χ0) is 13.9. The fraction of sp³-hybridized carbons (Fsp3) is 0.538. The van der Waals surface area contributed by atoms with Crippen molar-refractivity contribution in [2.24, 2.45) is 0 Å². The number of amides is 1. The van der Waals surface area contributed by atoms with E-state index in [0.717, 1.165) is 5.69 Å². The average Bonchev–Trinajstić information content (AvgIpc) is 2.58. The van der Waals surface area contributed by atoms with Gasteiger partial charge in [-0.3, -0.25) is 4.79 Å². The van der Waals surface area contributed by atoms with E-state index in [1.165, 1.54) is 0 Å². The van der Waals surface area contributed by atoms with E-state index >= 15 is 0 Å². The van der Waals surface area contributed by atoms with Crippen molar-refractivity contribution in [2.75, 3.05) is 13.1 Å². The third-order valence-electron chi connectivity index (χ3n) is 3.21. The highest BCUT2D eigenvalue weighted by Gasteiger charge is 2.18. The molecular formula is C13H20N2O3. The minimum Gasteiger partial charge on any atom is -0.478 e. The maximum atomic E-state index is 12.0. The van der Waals surface area contributed by atoms with Gasteiger partial charge in [0.15, 0.2) is 0 Å². The number of carboxylic acids is 1. The Morgan fingerprint density at radius 1 is 1.28 bits per heavy atom. The monoisotopic (exact) mass is 252 g/mol. The Bertz CT molecular complexity index is 459. The van der Waals surface area contributed by atoms with Crippen LogP contribution >= 0.6 is 0 Å². The van der Waals surface area contributed by atoms with Crippen molar-refractivity contribution < 1.29 is 14.7 Å². The van der Waals surface area contributed by atoms with Crippen LogP contribution in [0.5, 0.6) is 0 Å². The summed E-state index contributed by atoms with van der Waals surface area (Å²) in [5, 5.41) is 9.03. The first-order valence-corrected chi connectivity index (χ1v) is 6.10. The smallest absolute Gasteiger partial charge is 0.337 e. The van der Waals surface area contributed by atoms with Crippen LogP contribution in [0.2, 0.25) is 0 Å². The molecule has 1 rings (SSSR count). The van der Waals surface area contributed by atoms with Crippen molar-refractivity contribution in [1.29, 1.82) is 0 Å². The molecule has 0 radical (unpaired) electrons. The summed E-state index contributed by atoms with van der Waals surface area (Å²) in [7, 11) is 0. The van der Waals surface area contributed by atoms with Crippen LogP contribution in [-0.4, -0.2) is 39.5 Å². The number of rotatable bonds is 5. The van der Waals surface area contributed by atoms with Crippen LogP contribution in [0.15, 0.2) is 6.07 Å². The second-order valence-electron chi connectivity index (χ2n) is 4.24. The summed E-state index contributed by atoms with van der Waals surface area (Å²) in [5.74, 6) is -0.941. The lowest BCUT2D eigenvalue weighted by Gasteiger charge is -2.20. The quantitative estimate of drug-likeness (QED) is 0.867. The number of aromatic nitrogens is 1. The summed E-state index contributed by atoms with van der Waals surface area (Å²) in [5.41, 5.74) is 1.69. The van der Waals surface area contributed by atoms with Crippen LogP contribution < -0.4 is 0 Å². The molecule has 0 saturated carbocycles. The van der Waals surface area contributed by atoms with Gasteiger partial charge in [-0.15, -0.1) is 0 Å². The molecule has 1 aromatic rings. The summed E-state index contributed by atoms with van der Waals surface area (Å²) in [6.45, 7) is 8.94. The molecule has 0 aromatic carbocycles. The molecule has 5 nitrogen and oxygen atoms in total. The molecule has 18 heavy (non-hydrogen) atoms. The van der Waals surface area contributed by atoms with Crippen molar-refractivity contribution >= 4 is 11.9 Å². The standard InChI is InChI=1S/C13H20N2O3/c1-5-14(6-2)12(16)8-15-9(3)7-11(10(15)4)13(17)18/h7H,5-6,8H2,1-4H3,(H,17,18). The number of hydrogen-bond acceptors (Lipinski definition) is 2. The van der Waals surface area contributed by atoms with Crippen LogP contribution in [0.4, 0.5) is 0 Å². The number of aromatic carboxylic acids is 1. The average molecular weight is 252 g/mol. The molecular weight excluding hydrogens is 232 g/mol. The first-order valence-electron chi connectivity index (χ1n) is 6.10. The second kappa shape index (κ2) is 5.71. The van der Waals surface area contributed by atoms with Crippen LogP contribution in [0, 0.1) is 13.8 Å². The van der Waals surface area contributed by atoms with E-state index < -0.39 is 5.97 Å². The Balaban J connectivity index is 2.98. The largest absolute Gasteiger partial charge is 0.478 e. The fourth-order valence-corrected chi connectivity index (χ4v) is 2.07. The zero-order valence-electron chi connectivity index (χ0n) is 11.4. The Morgan fingerprint density at radius 2 is 1.83 bits per heavy atom. The molecule has 100 valence electrons. The zero-order valence-corrected chi connectivity index (χ0v) is 11.4. The lowest BCUT2D eigenvalue weighted by atomic mass is 10.2. The van der Waals surface area contributed by atoms with Gasteiger partial charge in [0.2, 0.25) is 5.91 Å². The summed E-state index contributed by atoms with van der Waals surface area (Å²) in [4.78, 5) is 24.8. The molecule has 0 spiro atoms. The number of likely N-dealkylation sites (N-methyl/N-ethyl adjacent to an activating group) is 1. The predicted molar refractivity (Wildman–Crippen MR) is 68.8 cm³/mol. The van der Waals surface area contributed by atoms with Gasteiger partial charge in [0.25, 0.3) is 0 Å². The molecule has 0 aliphatic heterocycles. The molecule has 1 heterocycles. The Morgan fingerprint density at radius 3 is 2.22 bits per heavy atom. The van der Waals surface area contributed by atoms with Crippen LogP contribution in [0.3, 0.4) is 0 Å². The van der Waals surface area contributed by atoms with E-state index in [4.69, 9.17) is 5.11 Å². The van der Waals surface area contributed by atoms with Crippen molar-refractivity contribution in [3.05, 3.63) is 23.0 Å². The number of aryl methyl sites for hydroxylation is 1. The number of carbonyl (C=O) groups is 2.